The van der Waals surface area contributed by atoms with Crippen molar-refractivity contribution in [2.75, 3.05) is 6.16 Å². The quantitative estimate of drug-likeness (QED) is 0.342. The maximum atomic E-state index is 13.4. The second kappa shape index (κ2) is 7.71. The number of hydrogen-bond acceptors (Lipinski definition) is 2. The predicted molar refractivity (Wildman–Crippen MR) is 98.2 cm³/mol. The Balaban J connectivity index is 2.34. The van der Waals surface area contributed by atoms with E-state index in [4.69, 9.17) is 0 Å². The third-order valence-electron chi connectivity index (χ3n) is 5.20. The molecule has 0 bridgehead atoms. The number of hydrogen-bond donors (Lipinski definition) is 0. The lowest BCUT2D eigenvalue weighted by Crippen LogP contribution is -2.33. The molecule has 1 saturated carbocycles. The van der Waals surface area contributed by atoms with E-state index in [-0.39, 0.29) is 5.78 Å². The lowest BCUT2D eigenvalue weighted by molar-refractivity contribution is 0.0939. The second-order valence-corrected chi connectivity index (χ2v) is 9.21. The van der Waals surface area contributed by atoms with Crippen LogP contribution < -0.4 is 0 Å². The molecule has 0 N–H and O–H groups in total. The zero-order chi connectivity index (χ0) is 17.0. The number of rotatable bonds is 7. The molecule has 1 aliphatic rings. The van der Waals surface area contributed by atoms with Gasteiger partial charge in [0, 0.05) is 11.7 Å². The summed E-state index contributed by atoms with van der Waals surface area (Å²) in [5.74, 6) is 0.155. The number of benzene rings is 1. The highest BCUT2D eigenvalue weighted by molar-refractivity contribution is 7.48. The molecule has 0 aromatic heterocycles. The summed E-state index contributed by atoms with van der Waals surface area (Å²) in [7, 11) is -1.47. The molecule has 3 heteroatoms. The van der Waals surface area contributed by atoms with Crippen molar-refractivity contribution in [2.24, 2.45) is 0 Å². The fourth-order valence-electron chi connectivity index (χ4n) is 4.04. The molecule has 0 saturated heterocycles. The predicted octanol–water partition coefficient (Wildman–Crippen LogP) is 6.12. The van der Waals surface area contributed by atoms with E-state index in [2.05, 4.69) is 26.0 Å². The summed E-state index contributed by atoms with van der Waals surface area (Å²) in [4.78, 5) is 13.4. The van der Waals surface area contributed by atoms with Gasteiger partial charge in [-0.05, 0) is 51.2 Å². The highest BCUT2D eigenvalue weighted by atomic mass is 31.1. The first kappa shape index (κ1) is 18.3. The molecule has 1 unspecified atom stereocenters. The lowest BCUT2D eigenvalue weighted by Gasteiger charge is -2.28. The maximum absolute atomic E-state index is 13.4. The molecule has 0 heterocycles. The summed E-state index contributed by atoms with van der Waals surface area (Å²) >= 11 is 0. The summed E-state index contributed by atoms with van der Waals surface area (Å²) in [5, 5.41) is -0.589. The van der Waals surface area contributed by atoms with Crippen LogP contribution >= 0.6 is 7.80 Å². The topological polar surface area (TPSA) is 34.1 Å². The van der Waals surface area contributed by atoms with Gasteiger partial charge in [-0.25, -0.2) is 0 Å². The van der Waals surface area contributed by atoms with Gasteiger partial charge in [-0.1, -0.05) is 50.3 Å². The average Bonchev–Trinajstić information content (AvgIpc) is 2.97. The maximum Gasteiger partial charge on any atom is 0.180 e. The van der Waals surface area contributed by atoms with Gasteiger partial charge in [0.25, 0.3) is 0 Å². The molecule has 1 aromatic carbocycles. The first-order valence-electron chi connectivity index (χ1n) is 9.00. The largest absolute Gasteiger partial charge is 0.293 e. The summed E-state index contributed by atoms with van der Waals surface area (Å²) < 4.78 is 13.1. The Morgan fingerprint density at radius 2 is 1.65 bits per heavy atom. The summed E-state index contributed by atoms with van der Waals surface area (Å²) in [6, 6.07) is 4.15. The molecule has 1 fully saturated rings. The fraction of sp³-hybridized carbons (Fsp3) is 0.650. The highest BCUT2D eigenvalue weighted by Gasteiger charge is 2.47. The van der Waals surface area contributed by atoms with Crippen molar-refractivity contribution in [2.45, 2.75) is 77.8 Å². The van der Waals surface area contributed by atoms with Gasteiger partial charge in [0.05, 0.1) is 7.80 Å². The first-order valence-corrected chi connectivity index (χ1v) is 10.4. The number of unbranched alkanes of at least 4 members (excludes halogenated alkanes) is 2. The summed E-state index contributed by atoms with van der Waals surface area (Å²) in [6.07, 6.45) is 7.59. The molecular formula is C20H30O2P. The minimum atomic E-state index is -1.47. The smallest absolute Gasteiger partial charge is 0.180 e. The van der Waals surface area contributed by atoms with E-state index in [0.29, 0.717) is 6.16 Å². The van der Waals surface area contributed by atoms with Crippen molar-refractivity contribution in [3.63, 3.8) is 0 Å². The zero-order valence-corrected chi connectivity index (χ0v) is 16.0. The van der Waals surface area contributed by atoms with Crippen LogP contribution in [-0.4, -0.2) is 17.1 Å². The Labute approximate surface area is 141 Å². The SMILES string of the molecule is CCCCC[P](=O)C1(C(=O)c2c(C)cc(C)cc2C)CCCC1. The molecule has 1 aliphatic carbocycles. The van der Waals surface area contributed by atoms with Crippen molar-refractivity contribution in [1.82, 2.24) is 0 Å². The van der Waals surface area contributed by atoms with Crippen LogP contribution in [0, 0.1) is 20.8 Å². The van der Waals surface area contributed by atoms with Gasteiger partial charge in [-0.15, -0.1) is 0 Å². The van der Waals surface area contributed by atoms with Gasteiger partial charge in [-0.2, -0.15) is 0 Å². The molecule has 1 aromatic rings. The van der Waals surface area contributed by atoms with Gasteiger partial charge in [-0.3, -0.25) is 9.36 Å². The first-order chi connectivity index (χ1) is 10.9. The van der Waals surface area contributed by atoms with E-state index < -0.39 is 13.0 Å². The highest BCUT2D eigenvalue weighted by Crippen LogP contribution is 2.53. The number of aryl methyl sites for hydroxylation is 3. The number of Topliss-reactive ketones (excluding diaryl/α,β-unsaturated/α-hetero) is 1. The fourth-order valence-corrected chi connectivity index (χ4v) is 6.13. The van der Waals surface area contributed by atoms with Gasteiger partial charge >= 0.3 is 0 Å². The van der Waals surface area contributed by atoms with Gasteiger partial charge in [0.2, 0.25) is 0 Å². The van der Waals surface area contributed by atoms with Gasteiger partial charge in [0.1, 0.15) is 5.16 Å². The standard InChI is InChI=1S/C20H30O2P/c1-5-6-9-12-23(22)20(10-7-8-11-20)19(21)18-16(3)13-15(2)14-17(18)4/h13-14H,5-12H2,1-4H3. The van der Waals surface area contributed by atoms with Crippen LogP contribution in [0.4, 0.5) is 0 Å². The Morgan fingerprint density at radius 1 is 1.09 bits per heavy atom. The van der Waals surface area contributed by atoms with Crippen LogP contribution in [0.1, 0.15) is 78.9 Å². The van der Waals surface area contributed by atoms with Crippen LogP contribution in [0.15, 0.2) is 12.1 Å². The molecular weight excluding hydrogens is 303 g/mol. The van der Waals surface area contributed by atoms with Gasteiger partial charge in [0.15, 0.2) is 5.78 Å². The molecule has 0 spiro atoms. The second-order valence-electron chi connectivity index (χ2n) is 7.15. The van der Waals surface area contributed by atoms with Crippen molar-refractivity contribution in [1.29, 1.82) is 0 Å². The van der Waals surface area contributed by atoms with E-state index in [0.717, 1.165) is 61.6 Å². The van der Waals surface area contributed by atoms with Crippen LogP contribution in [0.2, 0.25) is 0 Å². The van der Waals surface area contributed by atoms with Crippen molar-refractivity contribution >= 4 is 13.6 Å². The van der Waals surface area contributed by atoms with Crippen LogP contribution in [0.3, 0.4) is 0 Å². The third-order valence-corrected chi connectivity index (χ3v) is 7.53. The van der Waals surface area contributed by atoms with E-state index in [9.17, 15) is 9.36 Å². The van der Waals surface area contributed by atoms with E-state index in [1.54, 1.807) is 0 Å². The molecule has 0 aliphatic heterocycles. The van der Waals surface area contributed by atoms with Crippen molar-refractivity contribution in [3.8, 4) is 0 Å². The summed E-state index contributed by atoms with van der Waals surface area (Å²) in [5.41, 5.74) is 4.09. The Morgan fingerprint density at radius 3 is 2.17 bits per heavy atom. The molecule has 127 valence electrons. The van der Waals surface area contributed by atoms with Crippen molar-refractivity contribution < 1.29 is 9.36 Å². The van der Waals surface area contributed by atoms with Crippen LogP contribution in [-0.2, 0) is 4.57 Å². The monoisotopic (exact) mass is 333 g/mol. The molecule has 23 heavy (non-hydrogen) atoms. The number of carbonyl (C=O) groups excluding carboxylic acids is 1. The normalized spacial score (nSPS) is 17.3. The molecule has 0 amide bonds. The van der Waals surface area contributed by atoms with E-state index in [1.807, 2.05) is 13.8 Å². The lowest BCUT2D eigenvalue weighted by atomic mass is 9.88. The van der Waals surface area contributed by atoms with Crippen molar-refractivity contribution in [3.05, 3.63) is 34.4 Å². The molecule has 1 radical (unpaired) electrons. The Kier molecular flexibility index (Phi) is 6.14. The Bertz CT molecular complexity index is 575. The third kappa shape index (κ3) is 3.74. The molecule has 2 rings (SSSR count). The minimum Gasteiger partial charge on any atom is -0.293 e. The Hall–Kier alpha value is -1.01. The number of carbonyl (C=O) groups is 1. The van der Waals surface area contributed by atoms with E-state index in [1.165, 1.54) is 5.56 Å². The molecule has 2 nitrogen and oxygen atoms in total. The van der Waals surface area contributed by atoms with Gasteiger partial charge < -0.3 is 0 Å². The van der Waals surface area contributed by atoms with Crippen LogP contribution in [0.25, 0.3) is 0 Å². The summed E-state index contributed by atoms with van der Waals surface area (Å²) in [6.45, 7) is 8.24. The number of ketones is 1. The zero-order valence-electron chi connectivity index (χ0n) is 15.1. The minimum absolute atomic E-state index is 0.155. The average molecular weight is 333 g/mol. The van der Waals surface area contributed by atoms with Crippen LogP contribution in [0.5, 0.6) is 0 Å². The molecule has 1 atom stereocenters. The van der Waals surface area contributed by atoms with E-state index >= 15 is 0 Å².